The second-order valence-electron chi connectivity index (χ2n) is 3.22. The van der Waals surface area contributed by atoms with Gasteiger partial charge in [0.1, 0.15) is 0 Å². The van der Waals surface area contributed by atoms with Gasteiger partial charge in [0, 0.05) is 13.0 Å². The van der Waals surface area contributed by atoms with Gasteiger partial charge in [-0.1, -0.05) is 6.08 Å². The van der Waals surface area contributed by atoms with E-state index in [4.69, 9.17) is 4.74 Å². The topological polar surface area (TPSA) is 55.8 Å². The Labute approximate surface area is 88.6 Å². The van der Waals surface area contributed by atoms with Crippen LogP contribution in [-0.2, 0) is 19.1 Å². The fourth-order valence-electron chi connectivity index (χ4n) is 1.40. The van der Waals surface area contributed by atoms with Crippen molar-refractivity contribution in [2.75, 3.05) is 26.8 Å². The smallest absolute Gasteiger partial charge is 0.336 e. The molecule has 1 fully saturated rings. The summed E-state index contributed by atoms with van der Waals surface area (Å²) in [5, 5.41) is 0. The van der Waals surface area contributed by atoms with Gasteiger partial charge < -0.3 is 14.4 Å². The number of hydrogen-bond donors (Lipinski definition) is 0. The van der Waals surface area contributed by atoms with E-state index in [0.717, 1.165) is 0 Å². The summed E-state index contributed by atoms with van der Waals surface area (Å²) in [5.41, 5.74) is 0. The molecule has 1 rings (SSSR count). The molecule has 0 saturated carbocycles. The first-order valence-electron chi connectivity index (χ1n) is 4.77. The Hall–Kier alpha value is -1.36. The molecule has 5 nitrogen and oxygen atoms in total. The highest BCUT2D eigenvalue weighted by atomic mass is 16.6. The number of carbonyl (C=O) groups excluding carboxylic acids is 2. The summed E-state index contributed by atoms with van der Waals surface area (Å²) >= 11 is 0. The van der Waals surface area contributed by atoms with Crippen molar-refractivity contribution in [3.8, 4) is 0 Å². The van der Waals surface area contributed by atoms with E-state index in [2.05, 4.69) is 11.3 Å². The molecule has 0 aromatic heterocycles. The number of rotatable bonds is 3. The Kier molecular flexibility index (Phi) is 4.30. The van der Waals surface area contributed by atoms with Crippen LogP contribution in [0.5, 0.6) is 0 Å². The van der Waals surface area contributed by atoms with Crippen LogP contribution in [0.1, 0.15) is 6.42 Å². The monoisotopic (exact) mass is 213 g/mol. The molecular formula is C10H15NO4. The Bertz CT molecular complexity index is 264. The summed E-state index contributed by atoms with van der Waals surface area (Å²) in [6, 6.07) is 0. The molecule has 0 N–H and O–H groups in total. The lowest BCUT2D eigenvalue weighted by Gasteiger charge is -2.31. The predicted molar refractivity (Wildman–Crippen MR) is 53.2 cm³/mol. The third-order valence-corrected chi connectivity index (χ3v) is 2.20. The van der Waals surface area contributed by atoms with Gasteiger partial charge in [-0.15, -0.1) is 6.58 Å². The molecular weight excluding hydrogens is 198 g/mol. The lowest BCUT2D eigenvalue weighted by Crippen LogP contribution is -2.48. The van der Waals surface area contributed by atoms with E-state index < -0.39 is 12.1 Å². The third kappa shape index (κ3) is 3.06. The molecule has 0 aromatic rings. The zero-order valence-electron chi connectivity index (χ0n) is 8.77. The number of nitrogens with zero attached hydrogens (tertiary/aromatic N) is 1. The standard InChI is InChI=1S/C10H15NO4/c1-3-4-9(12)11-5-6-15-8(7-11)10(13)14-2/h3,8H,1,4-7H2,2H3. The van der Waals surface area contributed by atoms with Crippen LogP contribution >= 0.6 is 0 Å². The Morgan fingerprint density at radius 1 is 1.67 bits per heavy atom. The van der Waals surface area contributed by atoms with E-state index in [-0.39, 0.29) is 18.9 Å². The van der Waals surface area contributed by atoms with Crippen LogP contribution in [0.15, 0.2) is 12.7 Å². The van der Waals surface area contributed by atoms with Crippen molar-refractivity contribution < 1.29 is 19.1 Å². The van der Waals surface area contributed by atoms with Crippen LogP contribution in [0.2, 0.25) is 0 Å². The molecule has 1 atom stereocenters. The first kappa shape index (κ1) is 11.7. The number of morpholine rings is 1. The molecule has 1 unspecified atom stereocenters. The summed E-state index contributed by atoms with van der Waals surface area (Å²) in [7, 11) is 1.30. The van der Waals surface area contributed by atoms with Crippen molar-refractivity contribution in [3.05, 3.63) is 12.7 Å². The summed E-state index contributed by atoms with van der Waals surface area (Å²) in [6.07, 6.45) is 1.18. The summed E-state index contributed by atoms with van der Waals surface area (Å²) < 4.78 is 9.75. The van der Waals surface area contributed by atoms with E-state index in [1.54, 1.807) is 11.0 Å². The first-order valence-corrected chi connectivity index (χ1v) is 4.77. The second kappa shape index (κ2) is 5.50. The normalized spacial score (nSPS) is 20.9. The maximum atomic E-state index is 11.5. The van der Waals surface area contributed by atoms with E-state index in [1.807, 2.05) is 0 Å². The molecule has 0 aromatic carbocycles. The number of ether oxygens (including phenoxy) is 2. The van der Waals surface area contributed by atoms with Crippen molar-refractivity contribution in [2.24, 2.45) is 0 Å². The highest BCUT2D eigenvalue weighted by Crippen LogP contribution is 2.08. The second-order valence-corrected chi connectivity index (χ2v) is 3.22. The largest absolute Gasteiger partial charge is 0.467 e. The van der Waals surface area contributed by atoms with E-state index in [0.29, 0.717) is 13.2 Å². The molecule has 0 aliphatic carbocycles. The van der Waals surface area contributed by atoms with E-state index in [1.165, 1.54) is 7.11 Å². The van der Waals surface area contributed by atoms with Crippen molar-refractivity contribution in [2.45, 2.75) is 12.5 Å². The molecule has 0 bridgehead atoms. The van der Waals surface area contributed by atoms with Gasteiger partial charge in [-0.05, 0) is 0 Å². The Balaban J connectivity index is 2.51. The molecule has 1 aliphatic heterocycles. The van der Waals surface area contributed by atoms with Crippen molar-refractivity contribution in [3.63, 3.8) is 0 Å². The number of amides is 1. The predicted octanol–water partition coefficient (Wildman–Crippen LogP) is -0.0371. The molecule has 15 heavy (non-hydrogen) atoms. The summed E-state index contributed by atoms with van der Waals surface area (Å²) in [4.78, 5) is 24.3. The van der Waals surface area contributed by atoms with Gasteiger partial charge in [0.05, 0.1) is 20.3 Å². The third-order valence-electron chi connectivity index (χ3n) is 2.20. The van der Waals surface area contributed by atoms with Gasteiger partial charge in [0.15, 0.2) is 6.10 Å². The first-order chi connectivity index (χ1) is 7.19. The van der Waals surface area contributed by atoms with Gasteiger partial charge in [-0.3, -0.25) is 4.79 Å². The minimum absolute atomic E-state index is 0.0396. The van der Waals surface area contributed by atoms with Gasteiger partial charge >= 0.3 is 5.97 Å². The van der Waals surface area contributed by atoms with Crippen molar-refractivity contribution >= 4 is 11.9 Å². The van der Waals surface area contributed by atoms with Gasteiger partial charge in [-0.25, -0.2) is 4.79 Å². The lowest BCUT2D eigenvalue weighted by molar-refractivity contribution is -0.162. The SMILES string of the molecule is C=CCC(=O)N1CCOC(C(=O)OC)C1. The zero-order valence-corrected chi connectivity index (χ0v) is 8.77. The van der Waals surface area contributed by atoms with Crippen molar-refractivity contribution in [1.29, 1.82) is 0 Å². The summed E-state index contributed by atoms with van der Waals surface area (Å²) in [6.45, 7) is 4.64. The van der Waals surface area contributed by atoms with Crippen LogP contribution in [0, 0.1) is 0 Å². The van der Waals surface area contributed by atoms with E-state index >= 15 is 0 Å². The summed E-state index contributed by atoms with van der Waals surface area (Å²) in [5.74, 6) is -0.478. The Morgan fingerprint density at radius 2 is 2.40 bits per heavy atom. The van der Waals surface area contributed by atoms with Crippen LogP contribution in [0.25, 0.3) is 0 Å². The minimum Gasteiger partial charge on any atom is -0.467 e. The highest BCUT2D eigenvalue weighted by molar-refractivity contribution is 5.80. The van der Waals surface area contributed by atoms with E-state index in [9.17, 15) is 9.59 Å². The van der Waals surface area contributed by atoms with Gasteiger partial charge in [0.25, 0.3) is 0 Å². The maximum absolute atomic E-state index is 11.5. The number of esters is 1. The van der Waals surface area contributed by atoms with Crippen LogP contribution < -0.4 is 0 Å². The lowest BCUT2D eigenvalue weighted by atomic mass is 10.2. The quantitative estimate of drug-likeness (QED) is 0.487. The van der Waals surface area contributed by atoms with Crippen LogP contribution in [0.3, 0.4) is 0 Å². The average molecular weight is 213 g/mol. The van der Waals surface area contributed by atoms with Crippen molar-refractivity contribution in [1.82, 2.24) is 4.90 Å². The average Bonchev–Trinajstić information content (AvgIpc) is 2.28. The molecule has 0 radical (unpaired) electrons. The number of methoxy groups -OCH3 is 1. The molecule has 0 spiro atoms. The maximum Gasteiger partial charge on any atom is 0.336 e. The fraction of sp³-hybridized carbons (Fsp3) is 0.600. The fourth-order valence-corrected chi connectivity index (χ4v) is 1.40. The minimum atomic E-state index is -0.655. The van der Waals surface area contributed by atoms with Crippen LogP contribution in [0.4, 0.5) is 0 Å². The molecule has 1 amide bonds. The molecule has 1 aliphatic rings. The number of hydrogen-bond acceptors (Lipinski definition) is 4. The molecule has 1 heterocycles. The van der Waals surface area contributed by atoms with Gasteiger partial charge in [0.2, 0.25) is 5.91 Å². The molecule has 5 heteroatoms. The van der Waals surface area contributed by atoms with Crippen LogP contribution in [-0.4, -0.2) is 49.7 Å². The zero-order chi connectivity index (χ0) is 11.3. The highest BCUT2D eigenvalue weighted by Gasteiger charge is 2.29. The molecule has 1 saturated heterocycles. The molecule has 84 valence electrons. The van der Waals surface area contributed by atoms with Gasteiger partial charge in [-0.2, -0.15) is 0 Å². The Morgan fingerprint density at radius 3 is 3.00 bits per heavy atom. The number of carbonyl (C=O) groups is 2.